The minimum atomic E-state index is -0.380. The van der Waals surface area contributed by atoms with Gasteiger partial charge in [0, 0.05) is 45.5 Å². The SMILES string of the molecule is CC.Cc1scc(CO)c1NC(=O)Cn1nc2c3c(cccc31)-c1cc3c(cnn3[N+]3(C=O)CCC2CC3)cc1F. The molecule has 212 valence electrons. The number of hydrogen-bond acceptors (Lipinski definition) is 6. The lowest BCUT2D eigenvalue weighted by Crippen LogP contribution is -2.61. The quantitative estimate of drug-likeness (QED) is 0.221. The van der Waals surface area contributed by atoms with Gasteiger partial charge in [0.05, 0.1) is 29.7 Å². The average Bonchev–Trinajstić information content (AvgIpc) is 3.68. The van der Waals surface area contributed by atoms with Crippen molar-refractivity contribution in [2.45, 2.75) is 52.7 Å². The third kappa shape index (κ3) is 4.27. The molecule has 0 atom stereocenters. The molecule has 4 bridgehead atoms. The molecular weight excluding hydrogens is 543 g/mol. The molecule has 6 heterocycles. The Labute approximate surface area is 240 Å². The zero-order valence-electron chi connectivity index (χ0n) is 23.2. The molecule has 3 aliphatic rings. The number of amides is 2. The molecule has 0 aliphatic carbocycles. The Bertz CT molecular complexity index is 1800. The van der Waals surface area contributed by atoms with E-state index in [1.54, 1.807) is 21.7 Å². The van der Waals surface area contributed by atoms with Gasteiger partial charge in [0.1, 0.15) is 31.0 Å². The van der Waals surface area contributed by atoms with Crippen LogP contribution in [0.1, 0.15) is 48.7 Å². The van der Waals surface area contributed by atoms with E-state index in [2.05, 4.69) is 10.4 Å². The van der Waals surface area contributed by atoms with Crippen LogP contribution in [-0.2, 0) is 22.7 Å². The van der Waals surface area contributed by atoms with Crippen molar-refractivity contribution in [3.8, 4) is 11.1 Å². The largest absolute Gasteiger partial charge is 0.392 e. The summed E-state index contributed by atoms with van der Waals surface area (Å²) in [6.07, 6.45) is 3.93. The summed E-state index contributed by atoms with van der Waals surface area (Å²) in [6.45, 7) is 6.78. The van der Waals surface area contributed by atoms with E-state index in [1.807, 2.05) is 44.4 Å². The van der Waals surface area contributed by atoms with E-state index in [9.17, 15) is 14.7 Å². The number of hydrogen-bond donors (Lipinski definition) is 2. The highest BCUT2D eigenvalue weighted by atomic mass is 32.1. The van der Waals surface area contributed by atoms with Crippen LogP contribution >= 0.6 is 11.3 Å². The van der Waals surface area contributed by atoms with Gasteiger partial charge >= 0.3 is 6.41 Å². The fourth-order valence-electron chi connectivity index (χ4n) is 6.18. The van der Waals surface area contributed by atoms with Crippen LogP contribution in [0.4, 0.5) is 10.1 Å². The summed E-state index contributed by atoms with van der Waals surface area (Å²) in [5, 5.41) is 25.4. The van der Waals surface area contributed by atoms with Crippen molar-refractivity contribution in [2.75, 3.05) is 18.4 Å². The minimum Gasteiger partial charge on any atom is -0.392 e. The van der Waals surface area contributed by atoms with Gasteiger partial charge in [-0.1, -0.05) is 30.8 Å². The van der Waals surface area contributed by atoms with Crippen molar-refractivity contribution in [2.24, 2.45) is 0 Å². The molecular formula is C30H32FN6O3S+. The Balaban J connectivity index is 0.00000148. The molecule has 0 spiro atoms. The average molecular weight is 576 g/mol. The van der Waals surface area contributed by atoms with E-state index < -0.39 is 0 Å². The Morgan fingerprint density at radius 1 is 1.22 bits per heavy atom. The molecule has 41 heavy (non-hydrogen) atoms. The lowest BCUT2D eigenvalue weighted by molar-refractivity contribution is -0.126. The first-order chi connectivity index (χ1) is 19.9. The number of rotatable bonds is 5. The molecule has 2 N–H and O–H groups in total. The van der Waals surface area contributed by atoms with Gasteiger partial charge in [-0.3, -0.25) is 9.48 Å². The number of aryl methyl sites for hydroxylation is 1. The van der Waals surface area contributed by atoms with E-state index >= 15 is 4.39 Å². The number of benzene rings is 2. The lowest BCUT2D eigenvalue weighted by atomic mass is 9.89. The van der Waals surface area contributed by atoms with Crippen LogP contribution in [0.3, 0.4) is 0 Å². The number of halogens is 1. The second-order valence-corrected chi connectivity index (χ2v) is 11.5. The normalized spacial score (nSPS) is 19.2. The molecule has 3 aliphatic heterocycles. The van der Waals surface area contributed by atoms with Crippen molar-refractivity contribution >= 4 is 51.1 Å². The third-order valence-electron chi connectivity index (χ3n) is 8.20. The summed E-state index contributed by atoms with van der Waals surface area (Å²) in [4.78, 5) is 28.3. The van der Waals surface area contributed by atoms with Gasteiger partial charge in [-0.25, -0.2) is 9.18 Å². The van der Waals surface area contributed by atoms with Gasteiger partial charge in [0.25, 0.3) is 0 Å². The van der Waals surface area contributed by atoms with Crippen molar-refractivity contribution < 1.29 is 19.1 Å². The summed E-state index contributed by atoms with van der Waals surface area (Å²) in [7, 11) is 0. The molecule has 9 nitrogen and oxygen atoms in total. The van der Waals surface area contributed by atoms with Crippen LogP contribution in [0.15, 0.2) is 41.9 Å². The molecule has 1 fully saturated rings. The van der Waals surface area contributed by atoms with Gasteiger partial charge < -0.3 is 10.4 Å². The summed E-state index contributed by atoms with van der Waals surface area (Å²) < 4.78 is 17.3. The number of aliphatic hydroxyl groups excluding tert-OH is 1. The van der Waals surface area contributed by atoms with Crippen LogP contribution in [0.25, 0.3) is 32.9 Å². The zero-order valence-corrected chi connectivity index (χ0v) is 24.0. The van der Waals surface area contributed by atoms with Gasteiger partial charge in [0.2, 0.25) is 5.91 Å². The number of carbonyl (C=O) groups is 2. The molecule has 3 aromatic heterocycles. The zero-order chi connectivity index (χ0) is 28.9. The van der Waals surface area contributed by atoms with E-state index in [-0.39, 0.29) is 35.4 Å². The first-order valence-corrected chi connectivity index (χ1v) is 14.8. The molecule has 8 rings (SSSR count). The summed E-state index contributed by atoms with van der Waals surface area (Å²) in [6, 6.07) is 8.90. The number of piperidine rings is 1. The standard InChI is InChI=1S/C28H25FN6O3S.C2H6/c1-16-27(19(13-36)14-39-16)31-25(38)12-33-23-4-2-3-20-21-10-24-18(9-22(21)29)11-30-34(24)35(15-37)7-5-17(6-8-35)28(32-33)26(20)23;1-2/h2-4,9-11,14-15,17,36H,5-8,12-13H2,1H3;1-2H3/p+1. The number of thiophene rings is 1. The first-order valence-electron chi connectivity index (χ1n) is 13.9. The van der Waals surface area contributed by atoms with E-state index in [4.69, 9.17) is 5.10 Å². The van der Waals surface area contributed by atoms with Crippen molar-refractivity contribution in [3.05, 3.63) is 63.9 Å². The predicted octanol–water partition coefficient (Wildman–Crippen LogP) is 5.21. The Kier molecular flexibility index (Phi) is 6.96. The summed E-state index contributed by atoms with van der Waals surface area (Å²) in [5.41, 5.74) is 4.69. The molecule has 0 unspecified atom stereocenters. The first kappa shape index (κ1) is 27.3. The summed E-state index contributed by atoms with van der Waals surface area (Å²) >= 11 is 1.47. The van der Waals surface area contributed by atoms with Crippen molar-refractivity contribution in [1.29, 1.82) is 0 Å². The molecule has 5 aromatic rings. The van der Waals surface area contributed by atoms with Gasteiger partial charge in [-0.2, -0.15) is 5.10 Å². The monoisotopic (exact) mass is 575 g/mol. The van der Waals surface area contributed by atoms with Gasteiger partial charge in [-0.05, 0) is 36.1 Å². The van der Waals surface area contributed by atoms with Crippen LogP contribution < -0.4 is 9.91 Å². The highest BCUT2D eigenvalue weighted by Crippen LogP contribution is 2.41. The smallest absolute Gasteiger partial charge is 0.327 e. The topological polar surface area (TPSA) is 102 Å². The van der Waals surface area contributed by atoms with Crippen LogP contribution in [0, 0.1) is 12.7 Å². The molecule has 2 aromatic carbocycles. The van der Waals surface area contributed by atoms with Gasteiger partial charge in [-0.15, -0.1) is 21.0 Å². The summed E-state index contributed by atoms with van der Waals surface area (Å²) in [5.74, 6) is -0.602. The minimum absolute atomic E-state index is 0.0286. The highest BCUT2D eigenvalue weighted by molar-refractivity contribution is 7.10. The highest BCUT2D eigenvalue weighted by Gasteiger charge is 2.41. The lowest BCUT2D eigenvalue weighted by Gasteiger charge is -2.36. The maximum absolute atomic E-state index is 15.6. The van der Waals surface area contributed by atoms with Crippen LogP contribution in [0.5, 0.6) is 0 Å². The number of aromatic nitrogens is 4. The third-order valence-corrected chi connectivity index (χ3v) is 9.16. The Morgan fingerprint density at radius 3 is 2.73 bits per heavy atom. The van der Waals surface area contributed by atoms with Crippen LogP contribution in [0.2, 0.25) is 0 Å². The van der Waals surface area contributed by atoms with Gasteiger partial charge in [0.15, 0.2) is 0 Å². The fraction of sp³-hybridized carbons (Fsp3) is 0.333. The number of nitrogens with one attached hydrogen (secondary N) is 1. The van der Waals surface area contributed by atoms with Crippen molar-refractivity contribution in [3.63, 3.8) is 0 Å². The molecule has 1 saturated heterocycles. The number of nitrogens with zero attached hydrogens (tertiary/aromatic N) is 5. The van der Waals surface area contributed by atoms with E-state index in [0.29, 0.717) is 59.2 Å². The molecule has 11 heteroatoms. The number of anilines is 1. The number of aliphatic hydroxyl groups is 1. The number of fused-ring (bicyclic) bond motifs is 2. The number of carbonyl (C=O) groups excluding carboxylic acids is 2. The maximum atomic E-state index is 15.6. The van der Waals surface area contributed by atoms with E-state index in [1.165, 1.54) is 17.4 Å². The number of quaternary nitrogens is 1. The molecule has 2 amide bonds. The Morgan fingerprint density at radius 2 is 2.00 bits per heavy atom. The predicted molar refractivity (Wildman–Crippen MR) is 159 cm³/mol. The second kappa shape index (κ2) is 10.5. The Hall–Kier alpha value is -3.93. The molecule has 0 radical (unpaired) electrons. The second-order valence-electron chi connectivity index (χ2n) is 10.4. The van der Waals surface area contributed by atoms with E-state index in [0.717, 1.165) is 27.9 Å². The molecule has 0 saturated carbocycles. The maximum Gasteiger partial charge on any atom is 0.327 e. The van der Waals surface area contributed by atoms with Crippen LogP contribution in [-0.4, -0.2) is 50.2 Å². The van der Waals surface area contributed by atoms with Crippen molar-refractivity contribution in [1.82, 2.24) is 24.3 Å². The fourth-order valence-corrected chi connectivity index (χ4v) is 6.99.